The number of likely N-dealkylation sites (tertiary alicyclic amines) is 1. The maximum absolute atomic E-state index is 13.3. The number of H-pyrrole nitrogens is 1. The van der Waals surface area contributed by atoms with E-state index in [1.54, 1.807) is 6.07 Å². The second-order valence-electron chi connectivity index (χ2n) is 6.82. The standard InChI is InChI=1S/C19H22F2N4/c20-5-8-24-6-3-14(4-7-24)12-25-13-15(10-23-25)18-11-22-19-9-16(21)1-2-17(18)19/h1-2,9-11,13-14,22H,3-8,12H2. The third kappa shape index (κ3) is 3.44. The van der Waals surface area contributed by atoms with Gasteiger partial charge in [0.1, 0.15) is 12.5 Å². The lowest BCUT2D eigenvalue weighted by Gasteiger charge is -2.31. The van der Waals surface area contributed by atoms with E-state index < -0.39 is 0 Å². The quantitative estimate of drug-likeness (QED) is 0.763. The molecule has 0 atom stereocenters. The Labute approximate surface area is 145 Å². The Bertz CT molecular complexity index is 846. The number of piperidine rings is 1. The number of rotatable bonds is 5. The topological polar surface area (TPSA) is 36.9 Å². The van der Waals surface area contributed by atoms with Gasteiger partial charge in [-0.1, -0.05) is 0 Å². The lowest BCUT2D eigenvalue weighted by Crippen LogP contribution is -2.36. The van der Waals surface area contributed by atoms with E-state index in [0.29, 0.717) is 12.5 Å². The summed E-state index contributed by atoms with van der Waals surface area (Å²) in [7, 11) is 0. The highest BCUT2D eigenvalue weighted by Crippen LogP contribution is 2.29. The molecule has 25 heavy (non-hydrogen) atoms. The van der Waals surface area contributed by atoms with Gasteiger partial charge in [-0.05, 0) is 50.0 Å². The molecule has 1 aliphatic heterocycles. The zero-order valence-corrected chi connectivity index (χ0v) is 14.1. The first-order chi connectivity index (χ1) is 12.2. The molecule has 0 bridgehead atoms. The maximum atomic E-state index is 13.3. The fraction of sp³-hybridized carbons (Fsp3) is 0.421. The van der Waals surface area contributed by atoms with Gasteiger partial charge in [0.15, 0.2) is 0 Å². The first kappa shape index (κ1) is 16.3. The SMILES string of the molecule is FCCN1CCC(Cn2cc(-c3c[nH]c4cc(F)ccc34)cn2)CC1. The zero-order chi connectivity index (χ0) is 17.2. The molecule has 1 aromatic carbocycles. The van der Waals surface area contributed by atoms with Crippen LogP contribution in [0.1, 0.15) is 12.8 Å². The Hall–Kier alpha value is -2.21. The van der Waals surface area contributed by atoms with Crippen molar-refractivity contribution in [3.05, 3.63) is 42.6 Å². The van der Waals surface area contributed by atoms with Crippen LogP contribution in [0, 0.1) is 11.7 Å². The second kappa shape index (κ2) is 6.96. The average molecular weight is 344 g/mol. The van der Waals surface area contributed by atoms with Gasteiger partial charge in [-0.3, -0.25) is 4.68 Å². The Morgan fingerprint density at radius 1 is 1.24 bits per heavy atom. The first-order valence-electron chi connectivity index (χ1n) is 8.81. The molecule has 6 heteroatoms. The molecule has 0 spiro atoms. The van der Waals surface area contributed by atoms with E-state index in [1.807, 2.05) is 17.1 Å². The van der Waals surface area contributed by atoms with Gasteiger partial charge in [0.05, 0.1) is 6.20 Å². The summed E-state index contributed by atoms with van der Waals surface area (Å²) in [6, 6.07) is 4.79. The summed E-state index contributed by atoms with van der Waals surface area (Å²) in [4.78, 5) is 5.31. The van der Waals surface area contributed by atoms with Crippen LogP contribution in [0.25, 0.3) is 22.0 Å². The van der Waals surface area contributed by atoms with Crippen LogP contribution >= 0.6 is 0 Å². The zero-order valence-electron chi connectivity index (χ0n) is 14.1. The van der Waals surface area contributed by atoms with Crippen LogP contribution in [0.5, 0.6) is 0 Å². The highest BCUT2D eigenvalue weighted by atomic mass is 19.1. The number of halogens is 2. The molecule has 1 aliphatic rings. The molecule has 1 N–H and O–H groups in total. The van der Waals surface area contributed by atoms with Crippen molar-refractivity contribution in [2.45, 2.75) is 19.4 Å². The lowest BCUT2D eigenvalue weighted by atomic mass is 9.97. The summed E-state index contributed by atoms with van der Waals surface area (Å²) in [5, 5.41) is 5.50. The van der Waals surface area contributed by atoms with E-state index in [1.165, 1.54) is 12.1 Å². The minimum Gasteiger partial charge on any atom is -0.360 e. The van der Waals surface area contributed by atoms with Crippen LogP contribution in [0.2, 0.25) is 0 Å². The van der Waals surface area contributed by atoms with Crippen molar-refractivity contribution in [3.63, 3.8) is 0 Å². The molecule has 132 valence electrons. The number of nitrogens with one attached hydrogen (secondary N) is 1. The van der Waals surface area contributed by atoms with E-state index >= 15 is 0 Å². The lowest BCUT2D eigenvalue weighted by molar-refractivity contribution is 0.161. The van der Waals surface area contributed by atoms with E-state index in [4.69, 9.17) is 0 Å². The number of alkyl halides is 1. The molecule has 1 saturated heterocycles. The van der Waals surface area contributed by atoms with Gasteiger partial charge in [0.2, 0.25) is 0 Å². The molecular weight excluding hydrogens is 322 g/mol. The highest BCUT2D eigenvalue weighted by molar-refractivity contribution is 5.95. The number of aromatic amines is 1. The average Bonchev–Trinajstić information content (AvgIpc) is 3.23. The Morgan fingerprint density at radius 3 is 2.88 bits per heavy atom. The molecule has 3 aromatic rings. The van der Waals surface area contributed by atoms with Crippen molar-refractivity contribution in [1.82, 2.24) is 19.7 Å². The van der Waals surface area contributed by atoms with Gasteiger partial charge < -0.3 is 9.88 Å². The summed E-state index contributed by atoms with van der Waals surface area (Å²) in [5.41, 5.74) is 2.87. The number of fused-ring (bicyclic) bond motifs is 1. The normalized spacial score (nSPS) is 16.7. The van der Waals surface area contributed by atoms with Crippen molar-refractivity contribution in [2.24, 2.45) is 5.92 Å². The van der Waals surface area contributed by atoms with Crippen molar-refractivity contribution in [1.29, 1.82) is 0 Å². The molecule has 1 fully saturated rings. The molecule has 0 aliphatic carbocycles. The monoisotopic (exact) mass is 344 g/mol. The number of benzene rings is 1. The van der Waals surface area contributed by atoms with Gasteiger partial charge in [-0.2, -0.15) is 5.10 Å². The van der Waals surface area contributed by atoms with E-state index in [-0.39, 0.29) is 12.5 Å². The number of hydrogen-bond donors (Lipinski definition) is 1. The molecule has 0 unspecified atom stereocenters. The van der Waals surface area contributed by atoms with Crippen molar-refractivity contribution in [2.75, 3.05) is 26.3 Å². The van der Waals surface area contributed by atoms with Gasteiger partial charge in [-0.15, -0.1) is 0 Å². The third-order valence-corrected chi connectivity index (χ3v) is 5.14. The van der Waals surface area contributed by atoms with Crippen LogP contribution in [0.4, 0.5) is 8.78 Å². The molecule has 0 amide bonds. The van der Waals surface area contributed by atoms with Crippen molar-refractivity contribution < 1.29 is 8.78 Å². The highest BCUT2D eigenvalue weighted by Gasteiger charge is 2.19. The summed E-state index contributed by atoms with van der Waals surface area (Å²) in [6.45, 7) is 3.12. The molecule has 0 radical (unpaired) electrons. The fourth-order valence-corrected chi connectivity index (χ4v) is 3.72. The van der Waals surface area contributed by atoms with E-state index in [0.717, 1.165) is 54.5 Å². The predicted molar refractivity (Wildman–Crippen MR) is 94.6 cm³/mol. The fourth-order valence-electron chi connectivity index (χ4n) is 3.72. The minimum atomic E-state index is -0.262. The summed E-state index contributed by atoms with van der Waals surface area (Å²) in [5.74, 6) is 0.344. The van der Waals surface area contributed by atoms with Crippen molar-refractivity contribution >= 4 is 10.9 Å². The van der Waals surface area contributed by atoms with Crippen LogP contribution in [0.3, 0.4) is 0 Å². The molecule has 0 saturated carbocycles. The van der Waals surface area contributed by atoms with Crippen molar-refractivity contribution in [3.8, 4) is 11.1 Å². The van der Waals surface area contributed by atoms with Crippen LogP contribution in [-0.2, 0) is 6.54 Å². The van der Waals surface area contributed by atoms with Crippen LogP contribution < -0.4 is 0 Å². The van der Waals surface area contributed by atoms with Crippen LogP contribution in [-0.4, -0.2) is 46.0 Å². The second-order valence-corrected chi connectivity index (χ2v) is 6.82. The number of nitrogens with zero attached hydrogens (tertiary/aromatic N) is 3. The van der Waals surface area contributed by atoms with Gasteiger partial charge >= 0.3 is 0 Å². The molecule has 4 nitrogen and oxygen atoms in total. The van der Waals surface area contributed by atoms with E-state index in [9.17, 15) is 8.78 Å². The maximum Gasteiger partial charge on any atom is 0.125 e. The minimum absolute atomic E-state index is 0.240. The molecule has 2 aromatic heterocycles. The Morgan fingerprint density at radius 2 is 2.08 bits per heavy atom. The summed E-state index contributed by atoms with van der Waals surface area (Å²) in [6.07, 6.45) is 7.99. The number of hydrogen-bond acceptors (Lipinski definition) is 2. The van der Waals surface area contributed by atoms with Crippen LogP contribution in [0.15, 0.2) is 36.8 Å². The predicted octanol–water partition coefficient (Wildman–Crippen LogP) is 3.85. The molecule has 4 rings (SSSR count). The van der Waals surface area contributed by atoms with Gasteiger partial charge in [-0.25, -0.2) is 8.78 Å². The summed E-state index contributed by atoms with van der Waals surface area (Å²) >= 11 is 0. The third-order valence-electron chi connectivity index (χ3n) is 5.14. The first-order valence-corrected chi connectivity index (χ1v) is 8.81. The van der Waals surface area contributed by atoms with Gasteiger partial charge in [0.25, 0.3) is 0 Å². The Kier molecular flexibility index (Phi) is 4.53. The smallest absolute Gasteiger partial charge is 0.125 e. The van der Waals surface area contributed by atoms with E-state index in [2.05, 4.69) is 21.2 Å². The number of aromatic nitrogens is 3. The summed E-state index contributed by atoms with van der Waals surface area (Å²) < 4.78 is 27.7. The molecular formula is C19H22F2N4. The molecule has 3 heterocycles. The largest absolute Gasteiger partial charge is 0.360 e. The van der Waals surface area contributed by atoms with Gasteiger partial charge in [0, 0.05) is 47.5 Å². The Balaban J connectivity index is 1.45.